The Hall–Kier alpha value is -2.19. The highest BCUT2D eigenvalue weighted by Crippen LogP contribution is 2.35. The van der Waals surface area contributed by atoms with E-state index in [1.54, 1.807) is 0 Å². The number of carbonyl (C=O) groups is 1. The summed E-state index contributed by atoms with van der Waals surface area (Å²) in [5.41, 5.74) is 19.9. The van der Waals surface area contributed by atoms with Gasteiger partial charge in [-0.05, 0) is 62.2 Å². The third-order valence-electron chi connectivity index (χ3n) is 7.89. The number of guanidine groups is 1. The molecule has 45 heavy (non-hydrogen) atoms. The molecule has 262 valence electrons. The number of rotatable bonds is 11. The Balaban J connectivity index is 0.000000495. The van der Waals surface area contributed by atoms with Crippen molar-refractivity contribution in [3.05, 3.63) is 11.8 Å². The summed E-state index contributed by atoms with van der Waals surface area (Å²) in [6, 6.07) is -1.17. The van der Waals surface area contributed by atoms with E-state index in [4.69, 9.17) is 41.6 Å². The van der Waals surface area contributed by atoms with Crippen LogP contribution in [-0.4, -0.2) is 120 Å². The number of nitrogens with two attached hydrogens (primary N) is 4. The molecule has 2 aliphatic heterocycles. The van der Waals surface area contributed by atoms with Crippen LogP contribution in [0.4, 0.5) is 4.53 Å². The van der Waals surface area contributed by atoms with Crippen molar-refractivity contribution in [3.63, 3.8) is 0 Å². The van der Waals surface area contributed by atoms with Crippen LogP contribution < -0.4 is 33.6 Å². The Morgan fingerprint density at radius 2 is 1.91 bits per heavy atom. The Morgan fingerprint density at radius 3 is 2.51 bits per heavy atom. The fourth-order valence-electron chi connectivity index (χ4n) is 5.61. The van der Waals surface area contributed by atoms with Crippen LogP contribution in [0.2, 0.25) is 0 Å². The fraction of sp³-hybridized carbons (Fsp3) is 0.857. The minimum Gasteiger partial charge on any atom is -0.468 e. The van der Waals surface area contributed by atoms with Gasteiger partial charge < -0.3 is 68.2 Å². The number of aliphatic hydroxyl groups is 4. The van der Waals surface area contributed by atoms with Gasteiger partial charge >= 0.3 is 0 Å². The average Bonchev–Trinajstić information content (AvgIpc) is 2.98. The second-order valence-electron chi connectivity index (χ2n) is 11.9. The quantitative estimate of drug-likeness (QED) is 0.0640. The number of ether oxygens (including phenoxy) is 3. The minimum absolute atomic E-state index is 0.0719. The zero-order chi connectivity index (χ0) is 33.6. The average molecular weight is 652 g/mol. The van der Waals surface area contributed by atoms with Gasteiger partial charge in [0.2, 0.25) is 6.29 Å². The summed E-state index contributed by atoms with van der Waals surface area (Å²) in [4.78, 5) is 19.9. The van der Waals surface area contributed by atoms with Gasteiger partial charge in [0.05, 0.1) is 25.3 Å². The van der Waals surface area contributed by atoms with E-state index >= 15 is 0 Å². The topological polar surface area (TPSA) is 275 Å². The molecule has 16 nitrogen and oxygen atoms in total. The monoisotopic (exact) mass is 651 g/mol. The lowest BCUT2D eigenvalue weighted by Gasteiger charge is -2.43. The second kappa shape index (κ2) is 19.5. The van der Waals surface area contributed by atoms with E-state index < -0.39 is 48.4 Å². The normalized spacial score (nSPS) is 35.9. The molecule has 1 amide bonds. The number of hydrogen-bond acceptors (Lipinski definition) is 13. The van der Waals surface area contributed by atoms with Gasteiger partial charge in [0.15, 0.2) is 12.2 Å². The van der Waals surface area contributed by atoms with Crippen LogP contribution in [-0.2, 0) is 23.9 Å². The molecule has 6 unspecified atom stereocenters. The molecule has 0 radical (unpaired) electrons. The number of aliphatic imine (C=N–C) groups is 1. The summed E-state index contributed by atoms with van der Waals surface area (Å²) in [6.07, 6.45) is 1.69. The van der Waals surface area contributed by atoms with Crippen LogP contribution in [0.15, 0.2) is 16.8 Å². The molecule has 0 aromatic carbocycles. The van der Waals surface area contributed by atoms with Crippen molar-refractivity contribution in [2.24, 2.45) is 33.8 Å². The second-order valence-corrected chi connectivity index (χ2v) is 11.9. The summed E-state index contributed by atoms with van der Waals surface area (Å²) >= 11 is 0. The van der Waals surface area contributed by atoms with Gasteiger partial charge in [-0.1, -0.05) is 6.92 Å². The van der Waals surface area contributed by atoms with Crippen molar-refractivity contribution >= 4 is 11.9 Å². The van der Waals surface area contributed by atoms with Gasteiger partial charge in [-0.2, -0.15) is 4.94 Å². The Kier molecular flexibility index (Phi) is 16.9. The highest BCUT2D eigenvalue weighted by atomic mass is 19.3. The molecule has 17 heteroatoms. The van der Waals surface area contributed by atoms with E-state index in [2.05, 4.69) is 26.3 Å². The van der Waals surface area contributed by atoms with Crippen LogP contribution in [0.3, 0.4) is 0 Å². The van der Waals surface area contributed by atoms with Crippen LogP contribution in [0.5, 0.6) is 0 Å². The first-order valence-electron chi connectivity index (χ1n) is 15.5. The predicted molar refractivity (Wildman–Crippen MR) is 162 cm³/mol. The molecule has 0 bridgehead atoms. The summed E-state index contributed by atoms with van der Waals surface area (Å²) < 4.78 is 28.2. The van der Waals surface area contributed by atoms with Gasteiger partial charge in [0.25, 0.3) is 5.91 Å². The van der Waals surface area contributed by atoms with Crippen LogP contribution in [0.1, 0.15) is 58.3 Å². The molecule has 4 rings (SSSR count). The third kappa shape index (κ3) is 12.5. The number of halogens is 1. The number of nitrogens with zero attached hydrogens (tertiary/aromatic N) is 1. The summed E-state index contributed by atoms with van der Waals surface area (Å²) in [5.74, 6) is 0.465. The molecule has 8 atom stereocenters. The van der Waals surface area contributed by atoms with Gasteiger partial charge in [0.1, 0.15) is 23.6 Å². The molecule has 4 aliphatic rings. The largest absolute Gasteiger partial charge is 0.468 e. The smallest absolute Gasteiger partial charge is 0.252 e. The molecule has 3 fully saturated rings. The van der Waals surface area contributed by atoms with E-state index in [9.17, 15) is 19.5 Å². The molecule has 2 saturated carbocycles. The molecular weight excluding hydrogens is 597 g/mol. The van der Waals surface area contributed by atoms with Gasteiger partial charge in [-0.25, -0.2) is 0 Å². The third-order valence-corrected chi connectivity index (χ3v) is 7.89. The molecule has 0 spiro atoms. The number of amides is 1. The molecule has 0 aromatic heterocycles. The van der Waals surface area contributed by atoms with Gasteiger partial charge in [0, 0.05) is 38.0 Å². The number of aliphatic hydroxyl groups excluding tert-OH is 3. The molecule has 14 N–H and O–H groups in total. The highest BCUT2D eigenvalue weighted by Gasteiger charge is 2.50. The van der Waals surface area contributed by atoms with E-state index in [1.165, 1.54) is 7.05 Å². The lowest BCUT2D eigenvalue weighted by Crippen LogP contribution is -2.62. The van der Waals surface area contributed by atoms with Crippen molar-refractivity contribution in [1.82, 2.24) is 10.6 Å². The fourth-order valence-corrected chi connectivity index (χ4v) is 5.61. The first kappa shape index (κ1) is 39.0. The SMILES string of the molecule is CC1COC(OF)C(O)C1.CN.NC(N)=NC1CC(O)(C(=O)NC2CC(N)[C@@H](O[C@@H]3CCC=C(CNCCCO)O3)C(O)C2)C1. The number of allylic oxidation sites excluding steroid dienone is 1. The predicted octanol–water partition coefficient (Wildman–Crippen LogP) is -2.30. The molecule has 1 saturated heterocycles. The molecule has 2 heterocycles. The maximum absolute atomic E-state index is 12.6. The highest BCUT2D eigenvalue weighted by molar-refractivity contribution is 5.87. The summed E-state index contributed by atoms with van der Waals surface area (Å²) in [5, 5.41) is 45.0. The van der Waals surface area contributed by atoms with E-state index in [-0.39, 0.29) is 49.8 Å². The number of carbonyl (C=O) groups excluding carboxylic acids is 1. The maximum atomic E-state index is 12.6. The van der Waals surface area contributed by atoms with Crippen LogP contribution >= 0.6 is 0 Å². The Labute approximate surface area is 263 Å². The maximum Gasteiger partial charge on any atom is 0.252 e. The molecule has 0 aromatic rings. The standard InChI is InChI=1S/C21H38N6O6.C6H11FO3.CH5N/c22-15-7-12(26-19(30)21(31)9-13(10-21)27-20(23)24)8-16(29)18(15)33-17-4-1-3-14(32-17)11-25-5-2-6-28;1-4-2-5(8)6(10-7)9-3-4;1-2/h3,12-13,15-18,25,28-29,31H,1-2,4-11,22H2,(H,26,30)(H4,23,24,27);4-6,8H,2-3H2,1H3;2H2,1H3/t12?,13?,15?,16?,17-,18-,21?;;/m1../s1. The van der Waals surface area contributed by atoms with Crippen molar-refractivity contribution < 1.29 is 48.9 Å². The first-order chi connectivity index (χ1) is 21.4. The van der Waals surface area contributed by atoms with Crippen LogP contribution in [0, 0.1) is 5.92 Å². The van der Waals surface area contributed by atoms with Crippen LogP contribution in [0.25, 0.3) is 0 Å². The first-order valence-corrected chi connectivity index (χ1v) is 15.5. The van der Waals surface area contributed by atoms with E-state index in [0.717, 1.165) is 12.2 Å². The van der Waals surface area contributed by atoms with Crippen molar-refractivity contribution in [1.29, 1.82) is 0 Å². The zero-order valence-electron chi connectivity index (χ0n) is 26.2. The van der Waals surface area contributed by atoms with Crippen molar-refractivity contribution in [2.75, 3.05) is 33.4 Å². The summed E-state index contributed by atoms with van der Waals surface area (Å²) in [6.45, 7) is 3.74. The van der Waals surface area contributed by atoms with E-state index in [0.29, 0.717) is 45.4 Å². The number of nitrogens with one attached hydrogen (secondary N) is 2. The van der Waals surface area contributed by atoms with E-state index in [1.807, 2.05) is 13.0 Å². The van der Waals surface area contributed by atoms with Crippen molar-refractivity contribution in [2.45, 2.75) is 113 Å². The molecule has 2 aliphatic carbocycles. The lowest BCUT2D eigenvalue weighted by atomic mass is 9.75. The van der Waals surface area contributed by atoms with Gasteiger partial charge in [-0.15, -0.1) is 0 Å². The Morgan fingerprint density at radius 1 is 1.20 bits per heavy atom. The Bertz CT molecular complexity index is 928. The van der Waals surface area contributed by atoms with Crippen molar-refractivity contribution in [3.8, 4) is 0 Å². The number of hydrogen-bond donors (Lipinski definition) is 10. The zero-order valence-corrected chi connectivity index (χ0v) is 26.2. The molecular formula is C28H54FN7O9. The minimum atomic E-state index is -1.52. The van der Waals surface area contributed by atoms with Gasteiger partial charge in [-0.3, -0.25) is 9.79 Å². The summed E-state index contributed by atoms with van der Waals surface area (Å²) in [7, 11) is 1.50. The lowest BCUT2D eigenvalue weighted by molar-refractivity contribution is -0.319.